The second-order valence-electron chi connectivity index (χ2n) is 5.87. The SMILES string of the molecule is COC(=O)NC1CCN(C2CCCc3c(O)cccc32)C1. The zero-order valence-corrected chi connectivity index (χ0v) is 12.3. The molecule has 3 rings (SSSR count). The van der Waals surface area contributed by atoms with Crippen LogP contribution < -0.4 is 5.32 Å². The fourth-order valence-corrected chi connectivity index (χ4v) is 3.60. The maximum Gasteiger partial charge on any atom is 0.407 e. The molecule has 5 nitrogen and oxygen atoms in total. The molecule has 0 saturated carbocycles. The number of hydrogen-bond acceptors (Lipinski definition) is 4. The number of methoxy groups -OCH3 is 1. The quantitative estimate of drug-likeness (QED) is 0.876. The Balaban J connectivity index is 1.72. The van der Waals surface area contributed by atoms with Gasteiger partial charge >= 0.3 is 6.09 Å². The molecule has 0 bridgehead atoms. The molecular formula is C16H22N2O3. The molecule has 114 valence electrons. The number of benzene rings is 1. The highest BCUT2D eigenvalue weighted by Gasteiger charge is 2.33. The van der Waals surface area contributed by atoms with Gasteiger partial charge in [-0.05, 0) is 42.9 Å². The molecule has 1 aliphatic heterocycles. The van der Waals surface area contributed by atoms with Gasteiger partial charge in [0.15, 0.2) is 0 Å². The number of carbonyl (C=O) groups is 1. The molecule has 2 atom stereocenters. The van der Waals surface area contributed by atoms with E-state index in [4.69, 9.17) is 0 Å². The van der Waals surface area contributed by atoms with Crippen molar-refractivity contribution < 1.29 is 14.6 Å². The number of fused-ring (bicyclic) bond motifs is 1. The van der Waals surface area contributed by atoms with E-state index in [1.54, 1.807) is 6.07 Å². The van der Waals surface area contributed by atoms with E-state index in [-0.39, 0.29) is 12.1 Å². The molecule has 0 aromatic heterocycles. The lowest BCUT2D eigenvalue weighted by atomic mass is 9.86. The standard InChI is InChI=1S/C16H22N2O3/c1-21-16(20)17-11-8-9-18(10-11)14-6-2-5-13-12(14)4-3-7-15(13)19/h3-4,7,11,14,19H,2,5-6,8-10H2,1H3,(H,17,20). The van der Waals surface area contributed by atoms with Crippen LogP contribution in [0.2, 0.25) is 0 Å². The third kappa shape index (κ3) is 2.83. The first kappa shape index (κ1) is 14.2. The van der Waals surface area contributed by atoms with Gasteiger partial charge in [0.1, 0.15) is 5.75 Å². The summed E-state index contributed by atoms with van der Waals surface area (Å²) in [5.74, 6) is 0.417. The molecule has 1 heterocycles. The number of phenols is 1. The Morgan fingerprint density at radius 2 is 2.29 bits per heavy atom. The smallest absolute Gasteiger partial charge is 0.407 e. The molecule has 1 aromatic carbocycles. The van der Waals surface area contributed by atoms with Gasteiger partial charge in [-0.1, -0.05) is 12.1 Å². The molecule has 21 heavy (non-hydrogen) atoms. The van der Waals surface area contributed by atoms with Crippen LogP contribution in [0.3, 0.4) is 0 Å². The Bertz CT molecular complexity index is 532. The van der Waals surface area contributed by atoms with Crippen molar-refractivity contribution in [1.29, 1.82) is 0 Å². The van der Waals surface area contributed by atoms with E-state index < -0.39 is 0 Å². The van der Waals surface area contributed by atoms with Crippen molar-refractivity contribution in [3.63, 3.8) is 0 Å². The summed E-state index contributed by atoms with van der Waals surface area (Å²) < 4.78 is 4.66. The molecule has 1 amide bonds. The molecule has 1 aliphatic carbocycles. The van der Waals surface area contributed by atoms with Crippen LogP contribution in [0.4, 0.5) is 4.79 Å². The van der Waals surface area contributed by atoms with Crippen molar-refractivity contribution in [3.8, 4) is 5.75 Å². The molecule has 0 spiro atoms. The minimum absolute atomic E-state index is 0.153. The van der Waals surface area contributed by atoms with Gasteiger partial charge in [0.2, 0.25) is 0 Å². The average Bonchev–Trinajstić information content (AvgIpc) is 2.95. The normalized spacial score (nSPS) is 25.4. The molecule has 2 aliphatic rings. The van der Waals surface area contributed by atoms with Gasteiger partial charge in [-0.2, -0.15) is 0 Å². The highest BCUT2D eigenvalue weighted by atomic mass is 16.5. The second-order valence-corrected chi connectivity index (χ2v) is 5.87. The van der Waals surface area contributed by atoms with Gasteiger partial charge in [-0.15, -0.1) is 0 Å². The number of ether oxygens (including phenoxy) is 1. The van der Waals surface area contributed by atoms with Crippen LogP contribution in [0.1, 0.15) is 36.4 Å². The highest BCUT2D eigenvalue weighted by Crippen LogP contribution is 2.39. The Morgan fingerprint density at radius 1 is 1.43 bits per heavy atom. The van der Waals surface area contributed by atoms with Gasteiger partial charge < -0.3 is 15.2 Å². The fraction of sp³-hybridized carbons (Fsp3) is 0.562. The topological polar surface area (TPSA) is 61.8 Å². The van der Waals surface area contributed by atoms with Gasteiger partial charge in [-0.25, -0.2) is 4.79 Å². The first-order chi connectivity index (χ1) is 10.2. The number of aromatic hydroxyl groups is 1. The predicted molar refractivity (Wildman–Crippen MR) is 79.3 cm³/mol. The summed E-state index contributed by atoms with van der Waals surface area (Å²) in [5, 5.41) is 12.9. The number of alkyl carbamates (subject to hydrolysis) is 1. The van der Waals surface area contributed by atoms with E-state index >= 15 is 0 Å². The largest absolute Gasteiger partial charge is 0.508 e. The van der Waals surface area contributed by atoms with E-state index in [9.17, 15) is 9.90 Å². The van der Waals surface area contributed by atoms with Crippen LogP contribution in [-0.2, 0) is 11.2 Å². The van der Waals surface area contributed by atoms with Crippen molar-refractivity contribution in [2.75, 3.05) is 20.2 Å². The van der Waals surface area contributed by atoms with Crippen LogP contribution in [0, 0.1) is 0 Å². The van der Waals surface area contributed by atoms with Crippen LogP contribution in [0.25, 0.3) is 0 Å². The van der Waals surface area contributed by atoms with Crippen molar-refractivity contribution in [1.82, 2.24) is 10.2 Å². The first-order valence-corrected chi connectivity index (χ1v) is 7.58. The number of likely N-dealkylation sites (tertiary alicyclic amines) is 1. The van der Waals surface area contributed by atoms with E-state index in [2.05, 4.69) is 21.0 Å². The Labute approximate surface area is 124 Å². The van der Waals surface area contributed by atoms with E-state index in [0.29, 0.717) is 11.8 Å². The number of nitrogens with one attached hydrogen (secondary N) is 1. The summed E-state index contributed by atoms with van der Waals surface area (Å²) >= 11 is 0. The second kappa shape index (κ2) is 5.93. The highest BCUT2D eigenvalue weighted by molar-refractivity contribution is 5.67. The number of carbonyl (C=O) groups excluding carboxylic acids is 1. The fourth-order valence-electron chi connectivity index (χ4n) is 3.60. The lowest BCUT2D eigenvalue weighted by molar-refractivity contribution is 0.164. The minimum Gasteiger partial charge on any atom is -0.508 e. The summed E-state index contributed by atoms with van der Waals surface area (Å²) in [6, 6.07) is 6.32. The number of hydrogen-bond donors (Lipinski definition) is 2. The summed E-state index contributed by atoms with van der Waals surface area (Å²) in [7, 11) is 1.39. The lowest BCUT2D eigenvalue weighted by Crippen LogP contribution is -2.38. The number of phenolic OH excluding ortho intramolecular Hbond substituents is 1. The third-order valence-electron chi connectivity index (χ3n) is 4.62. The number of amides is 1. The number of rotatable bonds is 2. The number of nitrogens with zero attached hydrogens (tertiary/aromatic N) is 1. The van der Waals surface area contributed by atoms with E-state index in [1.807, 2.05) is 6.07 Å². The van der Waals surface area contributed by atoms with Gasteiger partial charge in [0, 0.05) is 25.2 Å². The summed E-state index contributed by atoms with van der Waals surface area (Å²) in [6.07, 6.45) is 3.75. The maximum atomic E-state index is 11.3. The molecule has 2 N–H and O–H groups in total. The average molecular weight is 290 g/mol. The van der Waals surface area contributed by atoms with E-state index in [1.165, 1.54) is 12.7 Å². The zero-order chi connectivity index (χ0) is 14.8. The molecular weight excluding hydrogens is 268 g/mol. The Morgan fingerprint density at radius 3 is 3.10 bits per heavy atom. The zero-order valence-electron chi connectivity index (χ0n) is 12.3. The molecule has 1 saturated heterocycles. The van der Waals surface area contributed by atoms with Crippen molar-refractivity contribution in [2.24, 2.45) is 0 Å². The first-order valence-electron chi connectivity index (χ1n) is 7.58. The monoisotopic (exact) mass is 290 g/mol. The summed E-state index contributed by atoms with van der Waals surface area (Å²) in [5.41, 5.74) is 2.35. The Hall–Kier alpha value is -1.75. The summed E-state index contributed by atoms with van der Waals surface area (Å²) in [4.78, 5) is 13.7. The molecule has 0 radical (unpaired) electrons. The summed E-state index contributed by atoms with van der Waals surface area (Å²) in [6.45, 7) is 1.81. The van der Waals surface area contributed by atoms with Crippen molar-refractivity contribution >= 4 is 6.09 Å². The Kier molecular flexibility index (Phi) is 4.01. The lowest BCUT2D eigenvalue weighted by Gasteiger charge is -2.33. The predicted octanol–water partition coefficient (Wildman–Crippen LogP) is 2.20. The third-order valence-corrected chi connectivity index (χ3v) is 4.62. The van der Waals surface area contributed by atoms with Crippen LogP contribution >= 0.6 is 0 Å². The van der Waals surface area contributed by atoms with Crippen molar-refractivity contribution in [3.05, 3.63) is 29.3 Å². The van der Waals surface area contributed by atoms with E-state index in [0.717, 1.165) is 44.3 Å². The molecule has 2 unspecified atom stereocenters. The van der Waals surface area contributed by atoms with Crippen LogP contribution in [0.5, 0.6) is 5.75 Å². The minimum atomic E-state index is -0.358. The molecule has 1 aromatic rings. The maximum absolute atomic E-state index is 11.3. The van der Waals surface area contributed by atoms with Crippen LogP contribution in [0.15, 0.2) is 18.2 Å². The van der Waals surface area contributed by atoms with Gasteiger partial charge in [-0.3, -0.25) is 4.90 Å². The van der Waals surface area contributed by atoms with Crippen LogP contribution in [-0.4, -0.2) is 42.3 Å². The molecule has 1 fully saturated rings. The van der Waals surface area contributed by atoms with Gasteiger partial charge in [0.05, 0.1) is 7.11 Å². The van der Waals surface area contributed by atoms with Crippen molar-refractivity contribution in [2.45, 2.75) is 37.8 Å². The van der Waals surface area contributed by atoms with Gasteiger partial charge in [0.25, 0.3) is 0 Å². The molecule has 5 heteroatoms.